The third-order valence-corrected chi connectivity index (χ3v) is 7.44. The van der Waals surface area contributed by atoms with E-state index in [4.69, 9.17) is 4.74 Å². The number of rotatable bonds is 13. The van der Waals surface area contributed by atoms with Crippen LogP contribution < -0.4 is 4.74 Å². The van der Waals surface area contributed by atoms with Crippen LogP contribution in [0, 0.1) is 5.82 Å². The molecule has 0 saturated carbocycles. The van der Waals surface area contributed by atoms with Gasteiger partial charge in [-0.25, -0.2) is 4.39 Å². The molecule has 0 amide bonds. The molecular weight excluding hydrogens is 469 g/mol. The van der Waals surface area contributed by atoms with Gasteiger partial charge in [-0.2, -0.15) is 8.78 Å². The first-order chi connectivity index (χ1) is 17.9. The molecule has 3 aromatic rings. The number of unbranched alkanes of at least 4 members (excludes halogenated alkanes) is 8. The summed E-state index contributed by atoms with van der Waals surface area (Å²) in [7, 11) is 0. The van der Waals surface area contributed by atoms with Crippen molar-refractivity contribution in [2.75, 3.05) is 0 Å². The summed E-state index contributed by atoms with van der Waals surface area (Å²) in [5.41, 5.74) is 3.76. The van der Waals surface area contributed by atoms with Crippen molar-refractivity contribution in [2.45, 2.75) is 97.0 Å². The first-order valence-corrected chi connectivity index (χ1v) is 14.1. The van der Waals surface area contributed by atoms with E-state index < -0.39 is 11.9 Å². The van der Waals surface area contributed by atoms with Crippen LogP contribution in [0.4, 0.5) is 13.2 Å². The van der Waals surface area contributed by atoms with Crippen LogP contribution in [0.25, 0.3) is 22.3 Å². The predicted octanol–water partition coefficient (Wildman–Crippen LogP) is 10.6. The van der Waals surface area contributed by atoms with E-state index >= 15 is 13.2 Å². The Morgan fingerprint density at radius 1 is 0.649 bits per heavy atom. The molecule has 1 aliphatic rings. The molecule has 198 valence electrons. The summed E-state index contributed by atoms with van der Waals surface area (Å²) < 4.78 is 50.7. The molecule has 4 heteroatoms. The average Bonchev–Trinajstić information content (AvgIpc) is 2.90. The van der Waals surface area contributed by atoms with Gasteiger partial charge in [0.1, 0.15) is 0 Å². The van der Waals surface area contributed by atoms with Crippen LogP contribution in [-0.2, 0) is 19.0 Å². The van der Waals surface area contributed by atoms with Gasteiger partial charge in [-0.15, -0.1) is 0 Å². The fourth-order valence-corrected chi connectivity index (χ4v) is 5.20. The molecule has 3 aromatic carbocycles. The van der Waals surface area contributed by atoms with Gasteiger partial charge in [-0.05, 0) is 59.6 Å². The summed E-state index contributed by atoms with van der Waals surface area (Å²) in [6.45, 7) is 4.37. The van der Waals surface area contributed by atoms with E-state index in [9.17, 15) is 0 Å². The maximum Gasteiger partial charge on any atom is 0.427 e. The summed E-state index contributed by atoms with van der Waals surface area (Å²) in [6, 6.07) is 16.5. The van der Waals surface area contributed by atoms with Gasteiger partial charge < -0.3 is 4.74 Å². The molecule has 1 nitrogen and oxygen atoms in total. The average molecular weight is 509 g/mol. The third-order valence-electron chi connectivity index (χ3n) is 7.44. The lowest BCUT2D eigenvalue weighted by Gasteiger charge is -2.29. The number of alkyl halides is 2. The van der Waals surface area contributed by atoms with Crippen molar-refractivity contribution < 1.29 is 17.9 Å². The van der Waals surface area contributed by atoms with Crippen LogP contribution in [0.2, 0.25) is 0 Å². The quantitative estimate of drug-likeness (QED) is 0.209. The number of fused-ring (bicyclic) bond motifs is 3. The van der Waals surface area contributed by atoms with Crippen molar-refractivity contribution in [3.63, 3.8) is 0 Å². The molecule has 0 atom stereocenters. The van der Waals surface area contributed by atoms with Crippen LogP contribution in [0.1, 0.15) is 94.7 Å². The van der Waals surface area contributed by atoms with Gasteiger partial charge in [0.2, 0.25) is 0 Å². The largest absolute Gasteiger partial charge is 0.427 e. The van der Waals surface area contributed by atoms with Gasteiger partial charge >= 0.3 is 6.11 Å². The van der Waals surface area contributed by atoms with E-state index in [-0.39, 0.29) is 11.3 Å². The highest BCUT2D eigenvalue weighted by Gasteiger charge is 2.43. The number of aryl methyl sites for hydroxylation is 2. The molecule has 0 unspecified atom stereocenters. The lowest BCUT2D eigenvalue weighted by molar-refractivity contribution is -0.188. The van der Waals surface area contributed by atoms with E-state index in [1.165, 1.54) is 50.2 Å². The Balaban J connectivity index is 1.51. The van der Waals surface area contributed by atoms with Gasteiger partial charge in [0.15, 0.2) is 11.6 Å². The molecule has 37 heavy (non-hydrogen) atoms. The zero-order chi connectivity index (χ0) is 26.3. The molecular formula is C33H39F3O. The highest BCUT2D eigenvalue weighted by Crippen LogP contribution is 2.49. The molecule has 0 N–H and O–H groups in total. The third kappa shape index (κ3) is 6.58. The summed E-state index contributed by atoms with van der Waals surface area (Å²) in [5.74, 6) is -0.987. The van der Waals surface area contributed by atoms with Crippen LogP contribution in [-0.4, -0.2) is 0 Å². The van der Waals surface area contributed by atoms with Crippen molar-refractivity contribution in [1.82, 2.24) is 0 Å². The van der Waals surface area contributed by atoms with Gasteiger partial charge in [-0.3, -0.25) is 0 Å². The molecule has 0 saturated heterocycles. The minimum Gasteiger partial charge on any atom is -0.425 e. The highest BCUT2D eigenvalue weighted by atomic mass is 19.3. The monoisotopic (exact) mass is 508 g/mol. The number of hydrogen-bond donors (Lipinski definition) is 0. The minimum atomic E-state index is -3.60. The zero-order valence-corrected chi connectivity index (χ0v) is 22.2. The maximum atomic E-state index is 15.3. The number of benzene rings is 3. The Hall–Kier alpha value is -2.75. The Kier molecular flexibility index (Phi) is 9.34. The topological polar surface area (TPSA) is 9.23 Å². The normalized spacial score (nSPS) is 13.6. The molecule has 0 aromatic heterocycles. The standard InChI is InChI=1S/C33H39F3O/c1-3-5-7-8-9-10-12-14-26-19-22-29-28-21-20-27(23-30(28)33(35,36)37-32(29)31(26)34)25-17-15-24(16-18-25)13-11-6-4-2/h15-23H,3-14H2,1-2H3. The van der Waals surface area contributed by atoms with E-state index in [1.54, 1.807) is 18.2 Å². The van der Waals surface area contributed by atoms with Crippen molar-refractivity contribution in [3.05, 3.63) is 77.1 Å². The molecule has 0 radical (unpaired) electrons. The van der Waals surface area contributed by atoms with Crippen LogP contribution in [0.3, 0.4) is 0 Å². The van der Waals surface area contributed by atoms with Gasteiger partial charge in [0.25, 0.3) is 0 Å². The van der Waals surface area contributed by atoms with Gasteiger partial charge in [-0.1, -0.05) is 114 Å². The summed E-state index contributed by atoms with van der Waals surface area (Å²) in [4.78, 5) is 0. The maximum absolute atomic E-state index is 15.3. The van der Waals surface area contributed by atoms with Gasteiger partial charge in [0.05, 0.1) is 5.56 Å². The van der Waals surface area contributed by atoms with Crippen LogP contribution in [0.5, 0.6) is 5.75 Å². The lowest BCUT2D eigenvalue weighted by Crippen LogP contribution is -2.27. The second-order valence-electron chi connectivity index (χ2n) is 10.3. The zero-order valence-electron chi connectivity index (χ0n) is 22.2. The Bertz CT molecular complexity index is 1170. The van der Waals surface area contributed by atoms with Crippen molar-refractivity contribution in [2.24, 2.45) is 0 Å². The van der Waals surface area contributed by atoms with E-state index in [1.807, 2.05) is 18.2 Å². The molecule has 0 spiro atoms. The fraction of sp³-hybridized carbons (Fsp3) is 0.455. The number of ether oxygens (including phenoxy) is 1. The SMILES string of the molecule is CCCCCCCCCc1ccc2c(c1F)OC(F)(F)c1cc(-c3ccc(CCCCC)cc3)ccc1-2. The number of hydrogen-bond acceptors (Lipinski definition) is 1. The molecule has 4 rings (SSSR count). The highest BCUT2D eigenvalue weighted by molar-refractivity contribution is 5.80. The minimum absolute atomic E-state index is 0.219. The molecule has 0 aliphatic carbocycles. The second-order valence-corrected chi connectivity index (χ2v) is 10.3. The van der Waals surface area contributed by atoms with Crippen molar-refractivity contribution in [3.8, 4) is 28.0 Å². The summed E-state index contributed by atoms with van der Waals surface area (Å²) in [6.07, 6.45) is 9.34. The Morgan fingerprint density at radius 2 is 1.24 bits per heavy atom. The van der Waals surface area contributed by atoms with Crippen molar-refractivity contribution in [1.29, 1.82) is 0 Å². The van der Waals surface area contributed by atoms with Crippen molar-refractivity contribution >= 4 is 0 Å². The molecule has 1 aliphatic heterocycles. The summed E-state index contributed by atoms with van der Waals surface area (Å²) >= 11 is 0. The van der Waals surface area contributed by atoms with Crippen LogP contribution >= 0.6 is 0 Å². The van der Waals surface area contributed by atoms with E-state index in [0.29, 0.717) is 28.7 Å². The molecule has 0 fully saturated rings. The fourth-order valence-electron chi connectivity index (χ4n) is 5.20. The number of halogens is 3. The van der Waals surface area contributed by atoms with Gasteiger partial charge in [0, 0.05) is 5.56 Å². The molecule has 0 bridgehead atoms. The predicted molar refractivity (Wildman–Crippen MR) is 147 cm³/mol. The second kappa shape index (κ2) is 12.7. The smallest absolute Gasteiger partial charge is 0.425 e. The Morgan fingerprint density at radius 3 is 1.97 bits per heavy atom. The van der Waals surface area contributed by atoms with E-state index in [2.05, 4.69) is 26.0 Å². The summed E-state index contributed by atoms with van der Waals surface area (Å²) in [5, 5.41) is 0. The first kappa shape index (κ1) is 27.3. The van der Waals surface area contributed by atoms with Crippen LogP contribution in [0.15, 0.2) is 54.6 Å². The molecule has 1 heterocycles. The Labute approximate surface area is 220 Å². The lowest BCUT2D eigenvalue weighted by atomic mass is 9.90. The first-order valence-electron chi connectivity index (χ1n) is 14.1. The van der Waals surface area contributed by atoms with E-state index in [0.717, 1.165) is 37.7 Å².